The van der Waals surface area contributed by atoms with Crippen LogP contribution in [0.3, 0.4) is 0 Å². The molecule has 0 spiro atoms. The molecule has 0 unspecified atom stereocenters. The molecule has 10 rings (SSSR count). The summed E-state index contributed by atoms with van der Waals surface area (Å²) in [5.41, 5.74) is 8.71. The predicted molar refractivity (Wildman–Crippen MR) is 204 cm³/mol. The lowest BCUT2D eigenvalue weighted by Crippen LogP contribution is -1.97. The van der Waals surface area contributed by atoms with E-state index in [2.05, 4.69) is 133 Å². The molecule has 0 radical (unpaired) electrons. The van der Waals surface area contributed by atoms with Gasteiger partial charge in [0.05, 0.1) is 11.4 Å². The first-order valence-electron chi connectivity index (χ1n) is 16.6. The first kappa shape index (κ1) is 27.5. The van der Waals surface area contributed by atoms with E-state index in [0.717, 1.165) is 61.1 Å². The Hall–Kier alpha value is -6.58. The van der Waals surface area contributed by atoms with Gasteiger partial charge in [0.25, 0.3) is 0 Å². The minimum atomic E-state index is 0.691. The van der Waals surface area contributed by atoms with Gasteiger partial charge in [0.2, 0.25) is 0 Å². The molecule has 0 aliphatic carbocycles. The summed E-state index contributed by atoms with van der Waals surface area (Å²) in [6.45, 7) is 0. The van der Waals surface area contributed by atoms with Crippen molar-refractivity contribution in [3.63, 3.8) is 0 Å². The van der Waals surface area contributed by atoms with Gasteiger partial charge in [-0.05, 0) is 68.2 Å². The summed E-state index contributed by atoms with van der Waals surface area (Å²) in [5, 5.41) is 9.64. The normalized spacial score (nSPS) is 11.7. The molecule has 0 N–H and O–H groups in total. The number of para-hydroxylation sites is 1. The number of rotatable bonds is 4. The third-order valence-electron chi connectivity index (χ3n) is 9.68. The van der Waals surface area contributed by atoms with Gasteiger partial charge in [-0.2, -0.15) is 0 Å². The maximum atomic E-state index is 6.47. The van der Waals surface area contributed by atoms with E-state index in [1.807, 2.05) is 36.4 Å². The molecule has 0 atom stereocenters. The zero-order valence-electron chi connectivity index (χ0n) is 26.5. The van der Waals surface area contributed by atoms with Crippen molar-refractivity contribution in [3.8, 4) is 45.0 Å². The van der Waals surface area contributed by atoms with Crippen molar-refractivity contribution in [2.45, 2.75) is 0 Å². The second kappa shape index (κ2) is 11.0. The van der Waals surface area contributed by atoms with Crippen molar-refractivity contribution in [2.24, 2.45) is 0 Å². The fourth-order valence-corrected chi connectivity index (χ4v) is 7.45. The third-order valence-corrected chi connectivity index (χ3v) is 9.68. The van der Waals surface area contributed by atoms with Crippen LogP contribution in [0.15, 0.2) is 174 Å². The van der Waals surface area contributed by atoms with Crippen LogP contribution in [0.4, 0.5) is 0 Å². The van der Waals surface area contributed by atoms with Crippen LogP contribution in [-0.4, -0.2) is 9.97 Å². The minimum absolute atomic E-state index is 0.691. The Morgan fingerprint density at radius 1 is 0.347 bits per heavy atom. The molecular formula is C46H28N2O. The average molecular weight is 625 g/mol. The Bertz CT molecular complexity index is 2780. The van der Waals surface area contributed by atoms with Gasteiger partial charge in [0, 0.05) is 33.0 Å². The Labute approximate surface area is 282 Å². The third kappa shape index (κ3) is 4.44. The highest BCUT2D eigenvalue weighted by Crippen LogP contribution is 2.45. The summed E-state index contributed by atoms with van der Waals surface area (Å²) in [5.74, 6) is 0.691. The quantitative estimate of drug-likeness (QED) is 0.183. The second-order valence-electron chi connectivity index (χ2n) is 12.5. The molecule has 0 saturated carbocycles. The number of aromatic nitrogens is 2. The molecule has 228 valence electrons. The number of hydrogen-bond acceptors (Lipinski definition) is 3. The Morgan fingerprint density at radius 2 is 0.898 bits per heavy atom. The van der Waals surface area contributed by atoms with Gasteiger partial charge in [-0.25, -0.2) is 9.97 Å². The van der Waals surface area contributed by atoms with Crippen molar-refractivity contribution in [3.05, 3.63) is 170 Å². The van der Waals surface area contributed by atoms with E-state index in [9.17, 15) is 0 Å². The highest BCUT2D eigenvalue weighted by Gasteiger charge is 2.21. The van der Waals surface area contributed by atoms with Crippen LogP contribution in [-0.2, 0) is 0 Å². The zero-order chi connectivity index (χ0) is 32.3. The standard InChI is InChI=1S/C46H28N2O/c1-3-13-29(14-4-1)40-28-41(48-46(47-40)30-15-5-2-6-16-30)37-25-26-43-45(38-21-11-12-22-42(38)49-43)44(37)31-23-24-36-34-19-8-7-17-32(34)33-18-9-10-20-35(33)39(36)27-31/h1-28H. The van der Waals surface area contributed by atoms with Crippen molar-refractivity contribution in [1.82, 2.24) is 9.97 Å². The topological polar surface area (TPSA) is 38.9 Å². The van der Waals surface area contributed by atoms with Gasteiger partial charge in [0.15, 0.2) is 5.82 Å². The van der Waals surface area contributed by atoms with Crippen LogP contribution in [0.1, 0.15) is 0 Å². The molecule has 0 fully saturated rings. The SMILES string of the molecule is c1ccc(-c2cc(-c3ccc4oc5ccccc5c4c3-c3ccc4c5ccccc5c5ccccc5c4c3)nc(-c3ccccc3)n2)cc1. The average Bonchev–Trinajstić information content (AvgIpc) is 3.57. The maximum absolute atomic E-state index is 6.47. The molecule has 8 aromatic carbocycles. The molecule has 49 heavy (non-hydrogen) atoms. The minimum Gasteiger partial charge on any atom is -0.456 e. The molecular weight excluding hydrogens is 597 g/mol. The van der Waals surface area contributed by atoms with E-state index < -0.39 is 0 Å². The lowest BCUT2D eigenvalue weighted by molar-refractivity contribution is 0.669. The van der Waals surface area contributed by atoms with Gasteiger partial charge >= 0.3 is 0 Å². The lowest BCUT2D eigenvalue weighted by atomic mass is 9.88. The number of hydrogen-bond donors (Lipinski definition) is 0. The van der Waals surface area contributed by atoms with Crippen molar-refractivity contribution >= 4 is 54.3 Å². The van der Waals surface area contributed by atoms with Crippen molar-refractivity contribution in [1.29, 1.82) is 0 Å². The summed E-state index contributed by atoms with van der Waals surface area (Å²) < 4.78 is 6.47. The van der Waals surface area contributed by atoms with E-state index in [4.69, 9.17) is 14.4 Å². The fraction of sp³-hybridized carbons (Fsp3) is 0. The molecule has 2 aromatic heterocycles. The molecule has 10 aromatic rings. The Morgan fingerprint density at radius 3 is 1.59 bits per heavy atom. The monoisotopic (exact) mass is 624 g/mol. The van der Waals surface area contributed by atoms with E-state index in [1.54, 1.807) is 0 Å². The summed E-state index contributed by atoms with van der Waals surface area (Å²) in [6, 6.07) is 59.6. The van der Waals surface area contributed by atoms with Crippen LogP contribution in [0, 0.1) is 0 Å². The number of nitrogens with zero attached hydrogens (tertiary/aromatic N) is 2. The van der Waals surface area contributed by atoms with Gasteiger partial charge in [-0.15, -0.1) is 0 Å². The summed E-state index contributed by atoms with van der Waals surface area (Å²) >= 11 is 0. The van der Waals surface area contributed by atoms with Crippen LogP contribution < -0.4 is 0 Å². The first-order chi connectivity index (χ1) is 24.3. The largest absolute Gasteiger partial charge is 0.456 e. The molecule has 0 aliphatic rings. The van der Waals surface area contributed by atoms with Crippen LogP contribution >= 0.6 is 0 Å². The molecule has 0 amide bonds. The van der Waals surface area contributed by atoms with Crippen molar-refractivity contribution in [2.75, 3.05) is 0 Å². The highest BCUT2D eigenvalue weighted by molar-refractivity contribution is 6.26. The second-order valence-corrected chi connectivity index (χ2v) is 12.5. The molecule has 2 heterocycles. The van der Waals surface area contributed by atoms with E-state index in [0.29, 0.717) is 5.82 Å². The summed E-state index contributed by atoms with van der Waals surface area (Å²) in [4.78, 5) is 10.3. The van der Waals surface area contributed by atoms with Gasteiger partial charge in [-0.3, -0.25) is 0 Å². The number of furan rings is 1. The van der Waals surface area contributed by atoms with Gasteiger partial charge in [-0.1, -0.05) is 140 Å². The smallest absolute Gasteiger partial charge is 0.160 e. The molecule has 0 saturated heterocycles. The van der Waals surface area contributed by atoms with Crippen LogP contribution in [0.2, 0.25) is 0 Å². The number of fused-ring (bicyclic) bond motifs is 9. The summed E-state index contributed by atoms with van der Waals surface area (Å²) in [7, 11) is 0. The molecule has 0 bridgehead atoms. The molecule has 0 aliphatic heterocycles. The lowest BCUT2D eigenvalue weighted by Gasteiger charge is -2.16. The molecule has 3 nitrogen and oxygen atoms in total. The van der Waals surface area contributed by atoms with Crippen molar-refractivity contribution < 1.29 is 4.42 Å². The zero-order valence-corrected chi connectivity index (χ0v) is 26.5. The summed E-state index contributed by atoms with van der Waals surface area (Å²) in [6.07, 6.45) is 0. The van der Waals surface area contributed by atoms with Crippen LogP contribution in [0.5, 0.6) is 0 Å². The highest BCUT2D eigenvalue weighted by atomic mass is 16.3. The van der Waals surface area contributed by atoms with E-state index in [-0.39, 0.29) is 0 Å². The Kier molecular flexibility index (Phi) is 6.18. The maximum Gasteiger partial charge on any atom is 0.160 e. The predicted octanol–water partition coefficient (Wildman–Crippen LogP) is 12.5. The Balaban J connectivity index is 1.32. The van der Waals surface area contributed by atoms with Gasteiger partial charge < -0.3 is 4.42 Å². The van der Waals surface area contributed by atoms with Gasteiger partial charge in [0.1, 0.15) is 11.2 Å². The van der Waals surface area contributed by atoms with E-state index in [1.165, 1.54) is 32.3 Å². The number of benzene rings is 8. The van der Waals surface area contributed by atoms with Crippen LogP contribution in [0.25, 0.3) is 99.3 Å². The fourth-order valence-electron chi connectivity index (χ4n) is 7.45. The molecule has 3 heteroatoms. The first-order valence-corrected chi connectivity index (χ1v) is 16.6. The van der Waals surface area contributed by atoms with E-state index >= 15 is 0 Å².